The number of thiophene rings is 1. The van der Waals surface area contributed by atoms with E-state index in [1.165, 1.54) is 11.3 Å². The lowest BCUT2D eigenvalue weighted by Crippen LogP contribution is -2.25. The molecule has 1 amide bonds. The van der Waals surface area contributed by atoms with Crippen molar-refractivity contribution in [2.75, 3.05) is 6.54 Å². The molecule has 0 aliphatic carbocycles. The highest BCUT2D eigenvalue weighted by Gasteiger charge is 2.22. The molecule has 0 bridgehead atoms. The first-order valence-corrected chi connectivity index (χ1v) is 8.66. The predicted molar refractivity (Wildman–Crippen MR) is 94.4 cm³/mol. The number of aromatic nitrogens is 1. The number of nitrogens with zero attached hydrogens (tertiary/aromatic N) is 1. The highest BCUT2D eigenvalue weighted by molar-refractivity contribution is 7.17. The summed E-state index contributed by atoms with van der Waals surface area (Å²) in [5.41, 5.74) is 3.12. The third kappa shape index (κ3) is 2.90. The molecular weight excluding hydrogens is 320 g/mol. The summed E-state index contributed by atoms with van der Waals surface area (Å²) < 4.78 is 5.75. The van der Waals surface area contributed by atoms with Crippen LogP contribution in [0.1, 0.15) is 20.9 Å². The van der Waals surface area contributed by atoms with Crippen LogP contribution in [0.15, 0.2) is 54.7 Å². The van der Waals surface area contributed by atoms with Crippen LogP contribution in [-0.2, 0) is 13.0 Å². The second-order valence-corrected chi connectivity index (χ2v) is 6.63. The molecule has 1 N–H and O–H groups in total. The molecule has 1 aliphatic heterocycles. The summed E-state index contributed by atoms with van der Waals surface area (Å²) in [5, 5.41) is 2.97. The Kier molecular flexibility index (Phi) is 4.01. The second kappa shape index (κ2) is 6.45. The Hall–Kier alpha value is -2.66. The van der Waals surface area contributed by atoms with E-state index in [1.807, 2.05) is 48.5 Å². The summed E-state index contributed by atoms with van der Waals surface area (Å²) in [6.45, 7) is 1.09. The molecule has 0 radical (unpaired) electrons. The van der Waals surface area contributed by atoms with Crippen LogP contribution in [0.4, 0.5) is 0 Å². The Labute approximate surface area is 144 Å². The molecule has 24 heavy (non-hydrogen) atoms. The van der Waals surface area contributed by atoms with Crippen LogP contribution in [0, 0.1) is 0 Å². The van der Waals surface area contributed by atoms with Crippen LogP contribution in [0.2, 0.25) is 0 Å². The number of benzene rings is 1. The zero-order valence-electron chi connectivity index (χ0n) is 13.0. The van der Waals surface area contributed by atoms with Crippen molar-refractivity contribution in [2.45, 2.75) is 13.0 Å². The maximum absolute atomic E-state index is 12.4. The number of carbonyl (C=O) groups is 1. The number of rotatable bonds is 4. The van der Waals surface area contributed by atoms with Gasteiger partial charge in [-0.05, 0) is 30.3 Å². The number of carbonyl (C=O) groups excluding carboxylic acids is 1. The minimum Gasteiger partial charge on any atom is -0.488 e. The van der Waals surface area contributed by atoms with Crippen molar-refractivity contribution in [3.63, 3.8) is 0 Å². The molecule has 0 unspecified atom stereocenters. The first kappa shape index (κ1) is 14.9. The molecule has 120 valence electrons. The summed E-state index contributed by atoms with van der Waals surface area (Å²) in [6, 6.07) is 15.7. The van der Waals surface area contributed by atoms with Gasteiger partial charge in [0.15, 0.2) is 0 Å². The summed E-state index contributed by atoms with van der Waals surface area (Å²) in [4.78, 5) is 18.5. The van der Waals surface area contributed by atoms with Crippen molar-refractivity contribution in [2.24, 2.45) is 0 Å². The Morgan fingerprint density at radius 2 is 2.08 bits per heavy atom. The maximum Gasteiger partial charge on any atom is 0.261 e. The van der Waals surface area contributed by atoms with Gasteiger partial charge in [-0.2, -0.15) is 0 Å². The molecule has 4 nitrogen and oxygen atoms in total. The zero-order chi connectivity index (χ0) is 16.4. The van der Waals surface area contributed by atoms with Crippen molar-refractivity contribution in [1.82, 2.24) is 10.3 Å². The van der Waals surface area contributed by atoms with Crippen molar-refractivity contribution < 1.29 is 9.53 Å². The Morgan fingerprint density at radius 1 is 1.21 bits per heavy atom. The first-order valence-electron chi connectivity index (χ1n) is 7.84. The molecule has 4 rings (SSSR count). The molecule has 0 saturated carbocycles. The number of para-hydroxylation sites is 1. The van der Waals surface area contributed by atoms with E-state index in [4.69, 9.17) is 4.74 Å². The summed E-state index contributed by atoms with van der Waals surface area (Å²) in [6.07, 6.45) is 2.49. The summed E-state index contributed by atoms with van der Waals surface area (Å²) in [5.74, 6) is 0.844. The zero-order valence-corrected chi connectivity index (χ0v) is 13.8. The average Bonchev–Trinajstić information content (AvgIpc) is 3.07. The molecule has 0 fully saturated rings. The quantitative estimate of drug-likeness (QED) is 0.791. The fourth-order valence-electron chi connectivity index (χ4n) is 2.75. The van der Waals surface area contributed by atoms with Gasteiger partial charge >= 0.3 is 0 Å². The molecule has 1 aromatic carbocycles. The number of hydrogen-bond donors (Lipinski definition) is 1. The third-order valence-corrected chi connectivity index (χ3v) is 5.15. The number of pyridine rings is 1. The van der Waals surface area contributed by atoms with Crippen LogP contribution in [-0.4, -0.2) is 17.4 Å². The van der Waals surface area contributed by atoms with Gasteiger partial charge < -0.3 is 10.1 Å². The fraction of sp³-hybridized carbons (Fsp3) is 0.158. The number of ether oxygens (including phenoxy) is 1. The number of fused-ring (bicyclic) bond motifs is 3. The first-order chi connectivity index (χ1) is 11.8. The average molecular weight is 336 g/mol. The molecule has 1 aliphatic rings. The Morgan fingerprint density at radius 3 is 2.96 bits per heavy atom. The SMILES string of the molecule is O=C(NCCc1ccccn1)c1cc2c(s1)-c1ccccc1OC2. The van der Waals surface area contributed by atoms with E-state index in [1.54, 1.807) is 6.20 Å². The molecule has 0 saturated heterocycles. The van der Waals surface area contributed by atoms with E-state index in [9.17, 15) is 4.79 Å². The van der Waals surface area contributed by atoms with Gasteiger partial charge in [0.05, 0.1) is 4.88 Å². The minimum absolute atomic E-state index is 0.0391. The van der Waals surface area contributed by atoms with Crippen LogP contribution in [0.5, 0.6) is 5.75 Å². The Bertz CT molecular complexity index is 874. The largest absolute Gasteiger partial charge is 0.488 e. The van der Waals surface area contributed by atoms with Crippen molar-refractivity contribution in [1.29, 1.82) is 0 Å². The van der Waals surface area contributed by atoms with Crippen molar-refractivity contribution in [3.8, 4) is 16.2 Å². The van der Waals surface area contributed by atoms with Gasteiger partial charge in [-0.3, -0.25) is 9.78 Å². The molecule has 0 spiro atoms. The van der Waals surface area contributed by atoms with E-state index < -0.39 is 0 Å². The predicted octanol–water partition coefficient (Wildman–Crippen LogP) is 3.68. The van der Waals surface area contributed by atoms with E-state index in [-0.39, 0.29) is 5.91 Å². The van der Waals surface area contributed by atoms with Crippen LogP contribution < -0.4 is 10.1 Å². The number of nitrogens with one attached hydrogen (secondary N) is 1. The van der Waals surface area contributed by atoms with Crippen molar-refractivity contribution >= 4 is 17.2 Å². The van der Waals surface area contributed by atoms with Crippen LogP contribution in [0.3, 0.4) is 0 Å². The van der Waals surface area contributed by atoms with E-state index in [2.05, 4.69) is 10.3 Å². The highest BCUT2D eigenvalue weighted by atomic mass is 32.1. The maximum atomic E-state index is 12.4. The monoisotopic (exact) mass is 336 g/mol. The molecule has 0 atom stereocenters. The van der Waals surface area contributed by atoms with Gasteiger partial charge in [0, 0.05) is 40.9 Å². The number of hydrogen-bond acceptors (Lipinski definition) is 4. The summed E-state index contributed by atoms with van der Waals surface area (Å²) in [7, 11) is 0. The number of amides is 1. The Balaban J connectivity index is 1.46. The topological polar surface area (TPSA) is 51.2 Å². The fourth-order valence-corrected chi connectivity index (χ4v) is 3.86. The van der Waals surface area contributed by atoms with Gasteiger partial charge in [0.1, 0.15) is 12.4 Å². The van der Waals surface area contributed by atoms with Gasteiger partial charge in [0.25, 0.3) is 5.91 Å². The third-order valence-electron chi connectivity index (χ3n) is 3.94. The standard InChI is InChI=1S/C19H16N2O2S/c22-19(21-10-8-14-5-3-4-9-20-14)17-11-13-12-23-16-7-2-1-6-15(16)18(13)24-17/h1-7,9,11H,8,10,12H2,(H,21,22). The minimum atomic E-state index is -0.0391. The van der Waals surface area contributed by atoms with E-state index >= 15 is 0 Å². The lowest BCUT2D eigenvalue weighted by molar-refractivity contribution is 0.0958. The smallest absolute Gasteiger partial charge is 0.261 e. The molecular formula is C19H16N2O2S. The van der Waals surface area contributed by atoms with Gasteiger partial charge in [-0.15, -0.1) is 11.3 Å². The normalized spacial score (nSPS) is 12.0. The molecule has 2 aromatic heterocycles. The van der Waals surface area contributed by atoms with Crippen LogP contribution in [0.25, 0.3) is 10.4 Å². The van der Waals surface area contributed by atoms with Crippen LogP contribution >= 0.6 is 11.3 Å². The van der Waals surface area contributed by atoms with Crippen molar-refractivity contribution in [3.05, 3.63) is 70.9 Å². The lowest BCUT2D eigenvalue weighted by Gasteiger charge is -2.16. The van der Waals surface area contributed by atoms with E-state index in [0.29, 0.717) is 13.2 Å². The van der Waals surface area contributed by atoms with E-state index in [0.717, 1.165) is 38.7 Å². The van der Waals surface area contributed by atoms with Gasteiger partial charge in [-0.25, -0.2) is 0 Å². The molecule has 5 heteroatoms. The molecule has 3 aromatic rings. The van der Waals surface area contributed by atoms with Gasteiger partial charge in [-0.1, -0.05) is 18.2 Å². The van der Waals surface area contributed by atoms with Gasteiger partial charge in [0.2, 0.25) is 0 Å². The molecule has 3 heterocycles. The summed E-state index contributed by atoms with van der Waals surface area (Å²) >= 11 is 1.52. The highest BCUT2D eigenvalue weighted by Crippen LogP contribution is 2.42. The second-order valence-electron chi connectivity index (χ2n) is 5.58. The lowest BCUT2D eigenvalue weighted by atomic mass is 10.1.